The summed E-state index contributed by atoms with van der Waals surface area (Å²) in [6.45, 7) is -0.128. The Bertz CT molecular complexity index is 4140. The first kappa shape index (κ1) is 37.1. The van der Waals surface area contributed by atoms with E-state index in [4.69, 9.17) is 19.4 Å². The Labute approximate surface area is 390 Å². The molecule has 6 heterocycles. The number of para-hydroxylation sites is 5. The van der Waals surface area contributed by atoms with Crippen LogP contribution in [0.5, 0.6) is 23.0 Å². The van der Waals surface area contributed by atoms with Crippen LogP contribution in [0.1, 0.15) is 0 Å². The highest BCUT2D eigenvalue weighted by atomic mass is 16.5. The van der Waals surface area contributed by atoms with Crippen LogP contribution in [0, 0.1) is 0 Å². The second kappa shape index (κ2) is 14.2. The van der Waals surface area contributed by atoms with Gasteiger partial charge in [-0.3, -0.25) is 8.97 Å². The van der Waals surface area contributed by atoms with Crippen LogP contribution in [0.4, 0.5) is 0 Å². The molecular weight excluding hydrogens is 834 g/mol. The molecule has 2 aliphatic heterocycles. The van der Waals surface area contributed by atoms with Crippen LogP contribution < -0.4 is 25.9 Å². The molecule has 0 radical (unpaired) electrons. The zero-order chi connectivity index (χ0) is 44.5. The second-order valence-electron chi connectivity index (χ2n) is 17.7. The zero-order valence-electron chi connectivity index (χ0n) is 36.4. The third-order valence-corrected chi connectivity index (χ3v) is 13.9. The van der Waals surface area contributed by atoms with Gasteiger partial charge in [0.05, 0.1) is 44.7 Å². The van der Waals surface area contributed by atoms with Gasteiger partial charge in [-0.1, -0.05) is 140 Å². The number of benzene rings is 9. The molecule has 0 aliphatic carbocycles. The summed E-state index contributed by atoms with van der Waals surface area (Å²) in [5, 5.41) is 2.27. The Hall–Kier alpha value is -9.14. The van der Waals surface area contributed by atoms with Gasteiger partial charge in [0.15, 0.2) is 0 Å². The number of fused-ring (bicyclic) bond motifs is 13. The predicted molar refractivity (Wildman–Crippen MR) is 276 cm³/mol. The Morgan fingerprint density at radius 1 is 0.368 bits per heavy atom. The first-order chi connectivity index (χ1) is 33.7. The van der Waals surface area contributed by atoms with Gasteiger partial charge in [0.25, 0.3) is 6.71 Å². The SMILES string of the molecule is c1ccc(-c2cc(-c3ccc4c(c3)B3c5ccccc5Oc5cc(-n6c7ccccc7c7ccc8c(nc9n(-c%10ccccc%10)c%10ccccc%10n89)c76)cc(c53)O4)cc(-c3ccccc3)n2)cc1. The number of hydrogen-bond acceptors (Lipinski definition) is 4. The quantitative estimate of drug-likeness (QED) is 0.162. The molecule has 0 saturated carbocycles. The Kier molecular flexibility index (Phi) is 7.74. The van der Waals surface area contributed by atoms with Crippen molar-refractivity contribution >= 4 is 72.8 Å². The van der Waals surface area contributed by atoms with E-state index < -0.39 is 0 Å². The average Bonchev–Trinajstić information content (AvgIpc) is 4.06. The van der Waals surface area contributed by atoms with Crippen LogP contribution in [0.15, 0.2) is 218 Å². The number of imidazole rings is 2. The van der Waals surface area contributed by atoms with Crippen molar-refractivity contribution in [1.82, 2.24) is 23.5 Å². The molecular formula is C60H36BN5O2. The van der Waals surface area contributed by atoms with Crippen molar-refractivity contribution < 1.29 is 9.47 Å². The molecule has 7 nitrogen and oxygen atoms in total. The van der Waals surface area contributed by atoms with Gasteiger partial charge in [0, 0.05) is 45.2 Å². The van der Waals surface area contributed by atoms with Crippen molar-refractivity contribution in [2.45, 2.75) is 0 Å². The number of rotatable bonds is 5. The molecule has 8 heteroatoms. The minimum Gasteiger partial charge on any atom is -0.458 e. The molecule has 9 aromatic carbocycles. The smallest absolute Gasteiger partial charge is 0.260 e. The van der Waals surface area contributed by atoms with Gasteiger partial charge in [-0.25, -0.2) is 9.97 Å². The van der Waals surface area contributed by atoms with E-state index in [-0.39, 0.29) is 6.71 Å². The number of ether oxygens (including phenoxy) is 2. The molecule has 0 bridgehead atoms. The molecule has 316 valence electrons. The fourth-order valence-electron chi connectivity index (χ4n) is 11.0. The monoisotopic (exact) mass is 869 g/mol. The van der Waals surface area contributed by atoms with E-state index in [1.165, 1.54) is 0 Å². The predicted octanol–water partition coefficient (Wildman–Crippen LogP) is 12.7. The van der Waals surface area contributed by atoms with Gasteiger partial charge >= 0.3 is 0 Å². The number of aromatic nitrogens is 5. The Balaban J connectivity index is 0.937. The van der Waals surface area contributed by atoms with E-state index in [2.05, 4.69) is 220 Å². The van der Waals surface area contributed by atoms with Crippen molar-refractivity contribution in [3.05, 3.63) is 218 Å². The summed E-state index contributed by atoms with van der Waals surface area (Å²) in [4.78, 5) is 10.7. The molecule has 0 fully saturated rings. The molecule has 0 saturated heterocycles. The molecule has 68 heavy (non-hydrogen) atoms. The van der Waals surface area contributed by atoms with Gasteiger partial charge in [0.1, 0.15) is 28.5 Å². The van der Waals surface area contributed by atoms with Crippen LogP contribution >= 0.6 is 0 Å². The zero-order valence-corrected chi connectivity index (χ0v) is 36.4. The van der Waals surface area contributed by atoms with Crippen molar-refractivity contribution in [3.63, 3.8) is 0 Å². The molecule has 0 spiro atoms. The summed E-state index contributed by atoms with van der Waals surface area (Å²) in [6, 6.07) is 76.8. The molecule has 15 rings (SSSR count). The highest BCUT2D eigenvalue weighted by molar-refractivity contribution is 6.98. The van der Waals surface area contributed by atoms with Crippen LogP contribution in [0.3, 0.4) is 0 Å². The summed E-state index contributed by atoms with van der Waals surface area (Å²) in [7, 11) is 0. The molecule has 2 aliphatic rings. The first-order valence-electron chi connectivity index (χ1n) is 23.0. The van der Waals surface area contributed by atoms with Gasteiger partial charge in [0.2, 0.25) is 5.78 Å². The van der Waals surface area contributed by atoms with E-state index in [9.17, 15) is 0 Å². The third-order valence-electron chi connectivity index (χ3n) is 13.9. The summed E-state index contributed by atoms with van der Waals surface area (Å²) >= 11 is 0. The maximum Gasteiger partial charge on any atom is 0.260 e. The van der Waals surface area contributed by atoms with Crippen molar-refractivity contribution in [2.24, 2.45) is 0 Å². The fourth-order valence-corrected chi connectivity index (χ4v) is 11.0. The molecule has 0 atom stereocenters. The van der Waals surface area contributed by atoms with Crippen LogP contribution in [0.25, 0.3) is 94.7 Å². The van der Waals surface area contributed by atoms with Crippen molar-refractivity contribution in [3.8, 4) is 68.0 Å². The number of nitrogens with zero attached hydrogens (tertiary/aromatic N) is 5. The van der Waals surface area contributed by atoms with Crippen molar-refractivity contribution in [2.75, 3.05) is 0 Å². The molecule has 13 aromatic rings. The Morgan fingerprint density at radius 3 is 1.72 bits per heavy atom. The largest absolute Gasteiger partial charge is 0.458 e. The number of hydrogen-bond donors (Lipinski definition) is 0. The third kappa shape index (κ3) is 5.37. The lowest BCUT2D eigenvalue weighted by Crippen LogP contribution is -2.57. The lowest BCUT2D eigenvalue weighted by atomic mass is 9.34. The minimum atomic E-state index is -0.128. The Morgan fingerprint density at radius 2 is 0.985 bits per heavy atom. The molecule has 4 aromatic heterocycles. The van der Waals surface area contributed by atoms with E-state index in [1.807, 2.05) is 12.1 Å². The van der Waals surface area contributed by atoms with E-state index in [1.54, 1.807) is 0 Å². The minimum absolute atomic E-state index is 0.128. The highest BCUT2D eigenvalue weighted by Crippen LogP contribution is 2.43. The highest BCUT2D eigenvalue weighted by Gasteiger charge is 2.41. The lowest BCUT2D eigenvalue weighted by molar-refractivity contribution is 0.464. The van der Waals surface area contributed by atoms with Crippen LogP contribution in [-0.4, -0.2) is 30.2 Å². The summed E-state index contributed by atoms with van der Waals surface area (Å²) in [5.74, 6) is 4.06. The molecule has 0 N–H and O–H groups in total. The average molecular weight is 870 g/mol. The lowest BCUT2D eigenvalue weighted by Gasteiger charge is -2.33. The van der Waals surface area contributed by atoms with E-state index in [0.29, 0.717) is 0 Å². The maximum atomic E-state index is 7.09. The fraction of sp³-hybridized carbons (Fsp3) is 0. The van der Waals surface area contributed by atoms with Crippen molar-refractivity contribution in [1.29, 1.82) is 0 Å². The molecule has 0 unspecified atom stereocenters. The normalized spacial score (nSPS) is 12.6. The maximum absolute atomic E-state index is 7.09. The summed E-state index contributed by atoms with van der Waals surface area (Å²) < 4.78 is 21.0. The summed E-state index contributed by atoms with van der Waals surface area (Å²) in [6.07, 6.45) is 0. The standard InChI is InChI=1S/C60H36BN5O2/c1-4-16-37(17-5-1)47-33-40(34-48(62-47)38-18-6-2-7-19-38)39-28-31-54-46(32-39)61-45-23-11-15-27-53(45)67-55-35-42(36-56(68-54)57(55)61)64-49-24-12-10-22-43(49)44-29-30-52-58(59(44)64)63-60-65(41-20-8-3-9-21-41)50-25-13-14-26-51(50)66(52)60/h1-36H. The second-order valence-corrected chi connectivity index (χ2v) is 17.7. The van der Waals surface area contributed by atoms with E-state index >= 15 is 0 Å². The number of pyridine rings is 1. The molecule has 0 amide bonds. The van der Waals surface area contributed by atoms with Gasteiger partial charge in [-0.05, 0) is 88.8 Å². The van der Waals surface area contributed by atoms with Gasteiger partial charge in [-0.15, -0.1) is 0 Å². The van der Waals surface area contributed by atoms with Crippen LogP contribution in [0.2, 0.25) is 0 Å². The summed E-state index contributed by atoms with van der Waals surface area (Å²) in [5.41, 5.74) is 17.6. The van der Waals surface area contributed by atoms with Gasteiger partial charge in [-0.2, -0.15) is 0 Å². The topological polar surface area (TPSA) is 58.5 Å². The van der Waals surface area contributed by atoms with Gasteiger partial charge < -0.3 is 14.0 Å². The van der Waals surface area contributed by atoms with E-state index in [0.717, 1.165) is 134 Å². The van der Waals surface area contributed by atoms with Crippen LogP contribution in [-0.2, 0) is 0 Å². The first-order valence-corrected chi connectivity index (χ1v) is 23.0.